The molecule has 1 atom stereocenters. The maximum atomic E-state index is 14.1. The number of nitro groups is 1. The largest absolute Gasteiger partial charge is 0.496 e. The molecule has 2 aromatic heterocycles. The van der Waals surface area contributed by atoms with E-state index in [0.29, 0.717) is 50.4 Å². The minimum Gasteiger partial charge on any atom is -0.496 e. The van der Waals surface area contributed by atoms with E-state index in [1.54, 1.807) is 57.4 Å². The van der Waals surface area contributed by atoms with Crippen molar-refractivity contribution in [3.8, 4) is 5.75 Å². The van der Waals surface area contributed by atoms with Gasteiger partial charge in [-0.2, -0.15) is 0 Å². The van der Waals surface area contributed by atoms with Crippen LogP contribution >= 0.6 is 39.0 Å². The number of H-pyrrole nitrogens is 1. The van der Waals surface area contributed by atoms with Gasteiger partial charge in [-0.15, -0.1) is 0 Å². The number of aromatic nitrogens is 3. The molecule has 3 heterocycles. The topological polar surface area (TPSA) is 159 Å². The zero-order chi connectivity index (χ0) is 33.1. The highest BCUT2D eigenvalue weighted by Gasteiger charge is 2.34. The van der Waals surface area contributed by atoms with Gasteiger partial charge in [0.05, 0.1) is 49.9 Å². The summed E-state index contributed by atoms with van der Waals surface area (Å²) in [6.45, 7) is 5.49. The van der Waals surface area contributed by atoms with Gasteiger partial charge < -0.3 is 14.5 Å². The van der Waals surface area contributed by atoms with Crippen LogP contribution < -0.4 is 25.2 Å². The number of rotatable bonds is 10. The maximum absolute atomic E-state index is 14.1. The number of esters is 1. The number of aryl methyl sites for hydroxylation is 1. The highest BCUT2D eigenvalue weighted by atomic mass is 79.9. The minimum absolute atomic E-state index is 0.147. The van der Waals surface area contributed by atoms with Gasteiger partial charge in [-0.1, -0.05) is 36.8 Å². The molecule has 1 aliphatic rings. The smallest absolute Gasteiger partial charge is 0.338 e. The molecule has 4 aromatic rings. The van der Waals surface area contributed by atoms with Crippen molar-refractivity contribution in [1.82, 2.24) is 14.5 Å². The molecule has 2 aromatic carbocycles. The lowest BCUT2D eigenvalue weighted by Crippen LogP contribution is -2.40. The normalized spacial score (nSPS) is 14.5. The van der Waals surface area contributed by atoms with Crippen LogP contribution in [0.5, 0.6) is 5.75 Å². The van der Waals surface area contributed by atoms with Crippen molar-refractivity contribution in [2.75, 3.05) is 13.7 Å². The molecule has 0 fully saturated rings. The Bertz CT molecular complexity index is 2140. The summed E-state index contributed by atoms with van der Waals surface area (Å²) in [5.74, 6) is 0.0217. The lowest BCUT2D eigenvalue weighted by atomic mass is 9.94. The molecule has 0 saturated heterocycles. The summed E-state index contributed by atoms with van der Waals surface area (Å²) in [5.41, 5.74) is 1.35. The summed E-state index contributed by atoms with van der Waals surface area (Å²) in [6.07, 6.45) is 2.75. The van der Waals surface area contributed by atoms with Crippen LogP contribution in [0.3, 0.4) is 0 Å². The van der Waals surface area contributed by atoms with E-state index >= 15 is 0 Å². The van der Waals surface area contributed by atoms with Gasteiger partial charge in [0.15, 0.2) is 9.96 Å². The van der Waals surface area contributed by atoms with Crippen molar-refractivity contribution in [2.24, 2.45) is 4.99 Å². The van der Waals surface area contributed by atoms with E-state index in [1.807, 2.05) is 6.92 Å². The van der Waals surface area contributed by atoms with Gasteiger partial charge in [0, 0.05) is 17.8 Å². The average Bonchev–Trinajstić information content (AvgIpc) is 3.30. The molecule has 12 nitrogen and oxygen atoms in total. The number of ether oxygens (including phenoxy) is 2. The highest BCUT2D eigenvalue weighted by molar-refractivity contribution is 9.10. The lowest BCUT2D eigenvalue weighted by molar-refractivity contribution is -0.387. The van der Waals surface area contributed by atoms with Crippen LogP contribution in [0.1, 0.15) is 49.6 Å². The summed E-state index contributed by atoms with van der Waals surface area (Å²) in [5, 5.41) is 12.3. The number of nitrogens with zero attached hydrogens (tertiary/aromatic N) is 4. The fourth-order valence-electron chi connectivity index (χ4n) is 5.00. The summed E-state index contributed by atoms with van der Waals surface area (Å²) < 4.78 is 13.2. The van der Waals surface area contributed by atoms with E-state index in [4.69, 9.17) is 14.5 Å². The molecule has 0 bridgehead atoms. The predicted octanol–water partition coefficient (Wildman–Crippen LogP) is 4.80. The highest BCUT2D eigenvalue weighted by Crippen LogP contribution is 2.36. The molecule has 0 radical (unpaired) electrons. The molecule has 1 N–H and O–H groups in total. The number of nitro benzene ring substituents is 1. The van der Waals surface area contributed by atoms with Crippen molar-refractivity contribution < 1.29 is 19.2 Å². The third-order valence-corrected chi connectivity index (χ3v) is 9.47. The number of benzene rings is 2. The lowest BCUT2D eigenvalue weighted by Gasteiger charge is -2.26. The first-order chi connectivity index (χ1) is 22.0. The number of halogens is 1. The van der Waals surface area contributed by atoms with Crippen molar-refractivity contribution in [3.05, 3.63) is 115 Å². The van der Waals surface area contributed by atoms with Gasteiger partial charge in [0.25, 0.3) is 16.8 Å². The zero-order valence-electron chi connectivity index (χ0n) is 25.2. The molecule has 0 saturated carbocycles. The number of hydrogen-bond acceptors (Lipinski definition) is 11. The van der Waals surface area contributed by atoms with E-state index < -0.39 is 22.5 Å². The predicted molar refractivity (Wildman–Crippen MR) is 177 cm³/mol. The number of carbonyl (C=O) groups excluding carboxylic acids is 1. The molecular weight excluding hydrogens is 698 g/mol. The van der Waals surface area contributed by atoms with Gasteiger partial charge in [-0.25, -0.2) is 14.8 Å². The van der Waals surface area contributed by atoms with E-state index in [9.17, 15) is 24.5 Å². The number of allylic oxidation sites excluding steroid dienone is 1. The maximum Gasteiger partial charge on any atom is 0.338 e. The van der Waals surface area contributed by atoms with Crippen molar-refractivity contribution >= 4 is 56.8 Å². The minimum atomic E-state index is -0.835. The molecule has 5 rings (SSSR count). The van der Waals surface area contributed by atoms with Crippen molar-refractivity contribution in [3.63, 3.8) is 0 Å². The second-order valence-corrected chi connectivity index (χ2v) is 13.0. The zero-order valence-corrected chi connectivity index (χ0v) is 28.4. The molecule has 1 aliphatic heterocycles. The molecule has 46 heavy (non-hydrogen) atoms. The Morgan fingerprint density at radius 3 is 2.65 bits per heavy atom. The third-order valence-electron chi connectivity index (χ3n) is 6.92. The van der Waals surface area contributed by atoms with Crippen LogP contribution in [0.4, 0.5) is 5.69 Å². The number of thiazole rings is 1. The van der Waals surface area contributed by atoms with Crippen LogP contribution in [0.25, 0.3) is 6.08 Å². The average molecular weight is 727 g/mol. The first-order valence-corrected chi connectivity index (χ1v) is 16.6. The van der Waals surface area contributed by atoms with E-state index in [1.165, 1.54) is 16.7 Å². The van der Waals surface area contributed by atoms with Crippen molar-refractivity contribution in [2.45, 2.75) is 49.7 Å². The Balaban J connectivity index is 1.67. The van der Waals surface area contributed by atoms with Gasteiger partial charge in [-0.05, 0) is 83.4 Å². The molecule has 238 valence electrons. The Labute approximate surface area is 278 Å². The first kappa shape index (κ1) is 33.0. The summed E-state index contributed by atoms with van der Waals surface area (Å²) >= 11 is 5.61. The van der Waals surface area contributed by atoms with Crippen molar-refractivity contribution in [1.29, 1.82) is 0 Å². The summed E-state index contributed by atoms with van der Waals surface area (Å²) in [6, 6.07) is 10.4. The first-order valence-electron chi connectivity index (χ1n) is 14.1. The number of hydrogen-bond donors (Lipinski definition) is 1. The fraction of sp³-hybridized carbons (Fsp3) is 0.258. The molecule has 0 aliphatic carbocycles. The Morgan fingerprint density at radius 2 is 2.00 bits per heavy atom. The van der Waals surface area contributed by atoms with Crippen LogP contribution in [0.2, 0.25) is 0 Å². The number of carbonyl (C=O) groups is 1. The Hall–Kier alpha value is -4.34. The Morgan fingerprint density at radius 1 is 1.22 bits per heavy atom. The third kappa shape index (κ3) is 6.76. The van der Waals surface area contributed by atoms with Gasteiger partial charge in [0.2, 0.25) is 0 Å². The molecule has 0 unspecified atom stereocenters. The monoisotopic (exact) mass is 725 g/mol. The van der Waals surface area contributed by atoms with E-state index in [-0.39, 0.29) is 38.0 Å². The number of fused-ring (bicyclic) bond motifs is 1. The number of nitrogens with one attached hydrogen (secondary N) is 1. The Kier molecular flexibility index (Phi) is 10.0. The van der Waals surface area contributed by atoms with Crippen LogP contribution in [-0.4, -0.2) is 39.1 Å². The van der Waals surface area contributed by atoms with Crippen LogP contribution in [-0.2, 0) is 9.53 Å². The standard InChI is InChI=1S/C31H28BrN5O7S2/c1-5-7-20-26(29(40)44-6-2)27(18-9-10-22(43-4)19(32)15-18)36-28(39)24(46-31(36)34-20)14-17-8-11-23(21(13-17)37(41)42)45-30-33-16(3)12-25(38)35-30/h8-15,27H,5-7H2,1-4H3,(H,33,35,38)/b24-14+/t27-/m1/s1. The summed E-state index contributed by atoms with van der Waals surface area (Å²) in [7, 11) is 1.54. The SMILES string of the molecule is CCCC1=C(C(=O)OCC)[C@@H](c2ccc(OC)c(Br)c2)n2c(s/c(=C/c3ccc(Sc4nc(C)cc(=O)[nH]4)c([N+](=O)[O-])c3)c2=O)=N1. The number of aromatic amines is 1. The number of methoxy groups -OCH3 is 1. The quantitative estimate of drug-likeness (QED) is 0.105. The fourth-order valence-corrected chi connectivity index (χ4v) is 7.50. The molecule has 15 heteroatoms. The molecular formula is C31H28BrN5O7S2. The van der Waals surface area contributed by atoms with Gasteiger partial charge in [-0.3, -0.25) is 24.3 Å². The van der Waals surface area contributed by atoms with E-state index in [2.05, 4.69) is 25.9 Å². The van der Waals surface area contributed by atoms with Crippen LogP contribution in [0.15, 0.2) is 82.8 Å². The molecule has 0 spiro atoms. The van der Waals surface area contributed by atoms with E-state index in [0.717, 1.165) is 23.1 Å². The second kappa shape index (κ2) is 14.0. The van der Waals surface area contributed by atoms with Crippen LogP contribution in [0, 0.1) is 17.0 Å². The molecule has 0 amide bonds. The summed E-state index contributed by atoms with van der Waals surface area (Å²) in [4.78, 5) is 63.1. The van der Waals surface area contributed by atoms with Gasteiger partial charge in [0.1, 0.15) is 5.75 Å². The second-order valence-electron chi connectivity index (χ2n) is 10.1. The van der Waals surface area contributed by atoms with Gasteiger partial charge >= 0.3 is 5.97 Å².